The minimum Gasteiger partial charge on any atom is -0.264 e. The van der Waals surface area contributed by atoms with Gasteiger partial charge in [0.05, 0.1) is 5.69 Å². The topological polar surface area (TPSA) is 25.8 Å². The third-order valence-electron chi connectivity index (χ3n) is 3.50. The minimum absolute atomic E-state index is 0.974. The zero-order valence-electron chi connectivity index (χ0n) is 10.7. The highest BCUT2D eigenvalue weighted by molar-refractivity contribution is 5.96. The van der Waals surface area contributed by atoms with Gasteiger partial charge in [-0.15, -0.1) is 0 Å². The van der Waals surface area contributed by atoms with Gasteiger partial charge in [-0.05, 0) is 41.1 Å². The maximum absolute atomic E-state index is 4.54. The van der Waals surface area contributed by atoms with Gasteiger partial charge >= 0.3 is 0 Å². The average Bonchev–Trinajstić information content (AvgIpc) is 2.54. The molecular weight excluding hydrogens is 244 g/mol. The molecular formula is C18H11N2. The van der Waals surface area contributed by atoms with Crippen LogP contribution in [-0.2, 0) is 0 Å². The van der Waals surface area contributed by atoms with E-state index in [2.05, 4.69) is 34.2 Å². The molecule has 0 aliphatic carbocycles. The molecule has 2 nitrogen and oxygen atoms in total. The number of nitrogens with zero attached hydrogens (tertiary/aromatic N) is 2. The molecule has 0 fully saturated rings. The van der Waals surface area contributed by atoms with Gasteiger partial charge in [0.2, 0.25) is 0 Å². The first kappa shape index (κ1) is 11.1. The molecule has 1 radical (unpaired) electrons. The molecule has 0 atom stereocenters. The summed E-state index contributed by atoms with van der Waals surface area (Å²) in [7, 11) is 0. The van der Waals surface area contributed by atoms with E-state index < -0.39 is 0 Å². The van der Waals surface area contributed by atoms with E-state index in [1.165, 1.54) is 5.39 Å². The van der Waals surface area contributed by atoms with Crippen molar-refractivity contribution < 1.29 is 0 Å². The second-order valence-corrected chi connectivity index (χ2v) is 4.73. The SMILES string of the molecule is [c]1cc2cnccc2cc1-c1nccc2ccccc12. The van der Waals surface area contributed by atoms with Crippen LogP contribution in [-0.4, -0.2) is 9.97 Å². The number of benzene rings is 2. The Kier molecular flexibility index (Phi) is 2.46. The molecule has 0 amide bonds. The quantitative estimate of drug-likeness (QED) is 0.508. The van der Waals surface area contributed by atoms with Gasteiger partial charge in [0, 0.05) is 34.9 Å². The Labute approximate surface area is 116 Å². The number of hydrogen-bond donors (Lipinski definition) is 0. The summed E-state index contributed by atoms with van der Waals surface area (Å²) in [5.74, 6) is 0. The zero-order valence-corrected chi connectivity index (χ0v) is 10.7. The van der Waals surface area contributed by atoms with E-state index in [1.54, 1.807) is 0 Å². The van der Waals surface area contributed by atoms with Crippen molar-refractivity contribution in [2.24, 2.45) is 0 Å². The van der Waals surface area contributed by atoms with Crippen LogP contribution in [0.1, 0.15) is 0 Å². The van der Waals surface area contributed by atoms with Crippen molar-refractivity contribution in [3.63, 3.8) is 0 Å². The van der Waals surface area contributed by atoms with Gasteiger partial charge in [-0.2, -0.15) is 0 Å². The van der Waals surface area contributed by atoms with Crippen LogP contribution < -0.4 is 0 Å². The Balaban J connectivity index is 2.01. The van der Waals surface area contributed by atoms with Crippen LogP contribution in [0.4, 0.5) is 0 Å². The van der Waals surface area contributed by atoms with Crippen LogP contribution in [0, 0.1) is 6.07 Å². The smallest absolute Gasteiger partial charge is 0.0786 e. The first-order valence-corrected chi connectivity index (χ1v) is 6.51. The third kappa shape index (κ3) is 1.74. The second-order valence-electron chi connectivity index (χ2n) is 4.73. The van der Waals surface area contributed by atoms with Crippen molar-refractivity contribution in [1.82, 2.24) is 9.97 Å². The Morgan fingerprint density at radius 2 is 1.75 bits per heavy atom. The van der Waals surface area contributed by atoms with Crippen molar-refractivity contribution in [1.29, 1.82) is 0 Å². The Hall–Kier alpha value is -2.74. The van der Waals surface area contributed by atoms with Crippen molar-refractivity contribution >= 4 is 21.5 Å². The highest BCUT2D eigenvalue weighted by atomic mass is 14.7. The van der Waals surface area contributed by atoms with Crippen LogP contribution in [0.5, 0.6) is 0 Å². The lowest BCUT2D eigenvalue weighted by Gasteiger charge is -2.06. The first-order valence-electron chi connectivity index (χ1n) is 6.51. The lowest BCUT2D eigenvalue weighted by Crippen LogP contribution is -1.86. The Bertz CT molecular complexity index is 908. The lowest BCUT2D eigenvalue weighted by atomic mass is 10.0. The highest BCUT2D eigenvalue weighted by Crippen LogP contribution is 2.28. The van der Waals surface area contributed by atoms with Crippen molar-refractivity contribution in [2.75, 3.05) is 0 Å². The van der Waals surface area contributed by atoms with Crippen LogP contribution in [0.3, 0.4) is 0 Å². The Morgan fingerprint density at radius 1 is 0.850 bits per heavy atom. The fourth-order valence-electron chi connectivity index (χ4n) is 2.49. The molecule has 0 aliphatic heterocycles. The van der Waals surface area contributed by atoms with Gasteiger partial charge in [-0.1, -0.05) is 24.3 Å². The van der Waals surface area contributed by atoms with Crippen LogP contribution >= 0.6 is 0 Å². The number of aromatic nitrogens is 2. The molecule has 0 spiro atoms. The second kappa shape index (κ2) is 4.42. The van der Waals surface area contributed by atoms with Gasteiger partial charge in [0.25, 0.3) is 0 Å². The van der Waals surface area contributed by atoms with Crippen LogP contribution in [0.25, 0.3) is 32.8 Å². The molecule has 4 aromatic rings. The van der Waals surface area contributed by atoms with E-state index in [0.29, 0.717) is 0 Å². The molecule has 0 unspecified atom stereocenters. The van der Waals surface area contributed by atoms with E-state index in [0.717, 1.165) is 27.4 Å². The summed E-state index contributed by atoms with van der Waals surface area (Å²) in [4.78, 5) is 8.67. The molecule has 2 heterocycles. The maximum atomic E-state index is 4.54. The molecule has 20 heavy (non-hydrogen) atoms. The predicted molar refractivity (Wildman–Crippen MR) is 81.3 cm³/mol. The number of hydrogen-bond acceptors (Lipinski definition) is 2. The average molecular weight is 255 g/mol. The minimum atomic E-state index is 0.974. The summed E-state index contributed by atoms with van der Waals surface area (Å²) in [6, 6.07) is 19.7. The van der Waals surface area contributed by atoms with Crippen LogP contribution in [0.2, 0.25) is 0 Å². The zero-order chi connectivity index (χ0) is 13.4. The summed E-state index contributed by atoms with van der Waals surface area (Å²) in [6.45, 7) is 0. The molecule has 2 heteroatoms. The van der Waals surface area contributed by atoms with E-state index >= 15 is 0 Å². The van der Waals surface area contributed by atoms with Gasteiger partial charge in [0.15, 0.2) is 0 Å². The predicted octanol–water partition coefficient (Wildman–Crippen LogP) is 4.25. The van der Waals surface area contributed by atoms with E-state index in [9.17, 15) is 0 Å². The lowest BCUT2D eigenvalue weighted by molar-refractivity contribution is 1.35. The summed E-state index contributed by atoms with van der Waals surface area (Å²) >= 11 is 0. The molecule has 0 saturated carbocycles. The standard InChI is InChI=1S/C18H11N2/c1-2-4-17-13(3-1)8-10-20-18(17)15-5-6-16-12-19-9-7-14(16)11-15/h1-4,6-12H. The van der Waals surface area contributed by atoms with E-state index in [1.807, 2.05) is 48.9 Å². The molecule has 0 aliphatic rings. The summed E-state index contributed by atoms with van der Waals surface area (Å²) in [6.07, 6.45) is 5.51. The van der Waals surface area contributed by atoms with Gasteiger partial charge in [-0.3, -0.25) is 9.97 Å². The molecule has 93 valence electrons. The summed E-state index contributed by atoms with van der Waals surface area (Å²) in [5, 5.41) is 4.60. The number of rotatable bonds is 1. The molecule has 0 saturated heterocycles. The van der Waals surface area contributed by atoms with Crippen molar-refractivity contribution in [3.8, 4) is 11.3 Å². The van der Waals surface area contributed by atoms with E-state index in [4.69, 9.17) is 0 Å². The number of pyridine rings is 2. The van der Waals surface area contributed by atoms with E-state index in [-0.39, 0.29) is 0 Å². The van der Waals surface area contributed by atoms with Crippen molar-refractivity contribution in [3.05, 3.63) is 73.2 Å². The number of fused-ring (bicyclic) bond motifs is 2. The first-order chi connectivity index (χ1) is 9.92. The molecule has 4 rings (SSSR count). The normalized spacial score (nSPS) is 11.0. The van der Waals surface area contributed by atoms with Crippen molar-refractivity contribution in [2.45, 2.75) is 0 Å². The van der Waals surface area contributed by atoms with Gasteiger partial charge < -0.3 is 0 Å². The van der Waals surface area contributed by atoms with Crippen LogP contribution in [0.15, 0.2) is 67.1 Å². The molecule has 2 aromatic carbocycles. The molecule has 0 N–H and O–H groups in total. The highest BCUT2D eigenvalue weighted by Gasteiger charge is 2.06. The third-order valence-corrected chi connectivity index (χ3v) is 3.50. The monoisotopic (exact) mass is 255 g/mol. The summed E-state index contributed by atoms with van der Waals surface area (Å²) in [5.41, 5.74) is 1.99. The van der Waals surface area contributed by atoms with Gasteiger partial charge in [-0.25, -0.2) is 0 Å². The molecule has 2 aromatic heterocycles. The summed E-state index contributed by atoms with van der Waals surface area (Å²) < 4.78 is 0. The fraction of sp³-hybridized carbons (Fsp3) is 0. The Morgan fingerprint density at radius 3 is 2.75 bits per heavy atom. The maximum Gasteiger partial charge on any atom is 0.0786 e. The molecule has 0 bridgehead atoms. The van der Waals surface area contributed by atoms with Gasteiger partial charge in [0.1, 0.15) is 0 Å². The largest absolute Gasteiger partial charge is 0.264 e. The fourth-order valence-corrected chi connectivity index (χ4v) is 2.49.